The zero-order valence-corrected chi connectivity index (χ0v) is 27.6. The Morgan fingerprint density at radius 1 is 0.977 bits per heavy atom. The van der Waals surface area contributed by atoms with Crippen molar-refractivity contribution in [2.75, 3.05) is 19.7 Å². The fourth-order valence-electron chi connectivity index (χ4n) is 13.5. The number of nitrogens with zero attached hydrogens (tertiary/aromatic N) is 1. The normalized spacial score (nSPS) is 53.9. The van der Waals surface area contributed by atoms with Gasteiger partial charge in [-0.25, -0.2) is 4.79 Å². The number of carbonyl (C=O) groups is 2. The summed E-state index contributed by atoms with van der Waals surface area (Å²) in [6.45, 7) is 13.6. The predicted octanol–water partition coefficient (Wildman–Crippen LogP) is 5.25. The quantitative estimate of drug-likeness (QED) is 0.436. The number of hydrogen-bond acceptors (Lipinski definition) is 6. The summed E-state index contributed by atoms with van der Waals surface area (Å²) in [5, 5.41) is 22.0. The standard InChI is InChI=1S/C36H55NO7/c1-20-16-22(31(40)41)43-29-28(20)33(4)12-13-36-19-35(36)11-10-25(32(2,3)23(35)8-9-24(36)34(33,5)30(29)39)44-27-18-37(14-15-42-27)26(38)17-21-6-7-21/h20-25,27-30,39H,6-19H2,1-5H3,(H,40,41). The molecule has 246 valence electrons. The number of fused-ring (bicyclic) bond motifs is 4. The molecule has 8 rings (SSSR count). The summed E-state index contributed by atoms with van der Waals surface area (Å²) in [5.74, 6) is 1.33. The van der Waals surface area contributed by atoms with Gasteiger partial charge in [0.15, 0.2) is 12.4 Å². The van der Waals surface area contributed by atoms with Crippen LogP contribution in [0.5, 0.6) is 0 Å². The van der Waals surface area contributed by atoms with Gasteiger partial charge in [-0.15, -0.1) is 0 Å². The van der Waals surface area contributed by atoms with E-state index in [-0.39, 0.29) is 57.2 Å². The van der Waals surface area contributed by atoms with Crippen molar-refractivity contribution in [1.29, 1.82) is 0 Å². The van der Waals surface area contributed by atoms with Crippen LogP contribution in [-0.2, 0) is 23.8 Å². The SMILES string of the molecule is CC1CC(C(=O)O)OC2C1C1(C)CCC34CC35CCC(OC3CN(C(=O)CC6CC6)CCO3)C(C)(C)C5CCC4C1(C)C2O. The number of aliphatic carboxylic acids is 1. The Kier molecular flexibility index (Phi) is 6.62. The number of morpholine rings is 1. The van der Waals surface area contributed by atoms with Gasteiger partial charge in [0, 0.05) is 18.4 Å². The second kappa shape index (κ2) is 9.67. The van der Waals surface area contributed by atoms with E-state index in [1.165, 1.54) is 25.7 Å². The molecule has 0 bridgehead atoms. The maximum atomic E-state index is 12.8. The van der Waals surface area contributed by atoms with E-state index in [0.29, 0.717) is 50.3 Å². The van der Waals surface area contributed by atoms with Crippen molar-refractivity contribution in [1.82, 2.24) is 4.90 Å². The minimum atomic E-state index is -0.900. The monoisotopic (exact) mass is 613 g/mol. The fourth-order valence-corrected chi connectivity index (χ4v) is 13.5. The lowest BCUT2D eigenvalue weighted by Crippen LogP contribution is -2.60. The molecule has 2 aliphatic heterocycles. The van der Waals surface area contributed by atoms with E-state index in [9.17, 15) is 19.8 Å². The summed E-state index contributed by atoms with van der Waals surface area (Å²) in [4.78, 5) is 26.8. The van der Waals surface area contributed by atoms with Crippen molar-refractivity contribution in [3.05, 3.63) is 0 Å². The van der Waals surface area contributed by atoms with Gasteiger partial charge in [0.2, 0.25) is 5.91 Å². The lowest BCUT2D eigenvalue weighted by atomic mass is 9.41. The first-order valence-corrected chi connectivity index (χ1v) is 17.9. The Labute approximate surface area is 262 Å². The molecule has 0 aromatic rings. The van der Waals surface area contributed by atoms with E-state index in [0.717, 1.165) is 32.1 Å². The minimum Gasteiger partial charge on any atom is -0.479 e. The number of carboxylic acids is 1. The molecule has 13 unspecified atom stereocenters. The Hall–Kier alpha value is -1.22. The molecule has 0 aromatic heterocycles. The van der Waals surface area contributed by atoms with Crippen molar-refractivity contribution in [2.24, 2.45) is 56.7 Å². The van der Waals surface area contributed by atoms with Gasteiger partial charge in [-0.05, 0) is 115 Å². The summed E-state index contributed by atoms with van der Waals surface area (Å²) >= 11 is 0. The van der Waals surface area contributed by atoms with Gasteiger partial charge in [0.1, 0.15) is 0 Å². The lowest BCUT2D eigenvalue weighted by molar-refractivity contribution is -0.248. The van der Waals surface area contributed by atoms with E-state index in [1.807, 2.05) is 4.90 Å². The van der Waals surface area contributed by atoms with Crippen molar-refractivity contribution < 1.29 is 34.0 Å². The van der Waals surface area contributed by atoms with Gasteiger partial charge in [-0.1, -0.05) is 34.6 Å². The van der Waals surface area contributed by atoms with E-state index >= 15 is 0 Å². The average molecular weight is 614 g/mol. The van der Waals surface area contributed by atoms with Crippen molar-refractivity contribution in [3.63, 3.8) is 0 Å². The van der Waals surface area contributed by atoms with Crippen LogP contribution in [0, 0.1) is 56.7 Å². The van der Waals surface area contributed by atoms with Crippen LogP contribution in [-0.4, -0.2) is 77.4 Å². The first kappa shape index (κ1) is 30.1. The molecule has 1 amide bonds. The zero-order valence-electron chi connectivity index (χ0n) is 27.6. The predicted molar refractivity (Wildman–Crippen MR) is 162 cm³/mol. The molecule has 8 nitrogen and oxygen atoms in total. The van der Waals surface area contributed by atoms with E-state index in [4.69, 9.17) is 14.2 Å². The molecule has 2 N–H and O–H groups in total. The molecule has 2 heterocycles. The summed E-state index contributed by atoms with van der Waals surface area (Å²) < 4.78 is 19.2. The molecular formula is C36H55NO7. The van der Waals surface area contributed by atoms with Crippen molar-refractivity contribution in [3.8, 4) is 0 Å². The highest BCUT2D eigenvalue weighted by atomic mass is 16.7. The summed E-state index contributed by atoms with van der Waals surface area (Å²) in [5.41, 5.74) is 0.160. The summed E-state index contributed by atoms with van der Waals surface area (Å²) in [6.07, 6.45) is 9.42. The molecule has 8 heteroatoms. The topological polar surface area (TPSA) is 106 Å². The van der Waals surface area contributed by atoms with Crippen LogP contribution < -0.4 is 0 Å². The minimum absolute atomic E-state index is 0.00729. The first-order chi connectivity index (χ1) is 20.8. The van der Waals surface area contributed by atoms with Crippen LogP contribution in [0.15, 0.2) is 0 Å². The largest absolute Gasteiger partial charge is 0.479 e. The molecular weight excluding hydrogens is 558 g/mol. The van der Waals surface area contributed by atoms with Gasteiger partial charge in [0.05, 0.1) is 31.5 Å². The second-order valence-corrected chi connectivity index (χ2v) is 17.8. The smallest absolute Gasteiger partial charge is 0.332 e. The van der Waals surface area contributed by atoms with Crippen molar-refractivity contribution in [2.45, 2.75) is 136 Å². The van der Waals surface area contributed by atoms with Crippen LogP contribution >= 0.6 is 0 Å². The van der Waals surface area contributed by atoms with Gasteiger partial charge in [0.25, 0.3) is 0 Å². The molecule has 13 atom stereocenters. The van der Waals surface area contributed by atoms with E-state index in [1.54, 1.807) is 0 Å². The highest BCUT2D eigenvalue weighted by Gasteiger charge is 2.84. The van der Waals surface area contributed by atoms with E-state index in [2.05, 4.69) is 34.6 Å². The third-order valence-corrected chi connectivity index (χ3v) is 15.9. The fraction of sp³-hybridized carbons (Fsp3) is 0.944. The molecule has 0 radical (unpaired) electrons. The third-order valence-electron chi connectivity index (χ3n) is 15.9. The molecule has 8 fully saturated rings. The van der Waals surface area contributed by atoms with Gasteiger partial charge < -0.3 is 29.3 Å². The molecule has 44 heavy (non-hydrogen) atoms. The van der Waals surface area contributed by atoms with E-state index < -0.39 is 24.3 Å². The molecule has 8 aliphatic rings. The van der Waals surface area contributed by atoms with Gasteiger partial charge >= 0.3 is 5.97 Å². The average Bonchev–Trinajstić information content (AvgIpc) is 3.90. The number of rotatable bonds is 5. The number of ether oxygens (including phenoxy) is 3. The maximum absolute atomic E-state index is 12.8. The van der Waals surface area contributed by atoms with Crippen LogP contribution in [0.3, 0.4) is 0 Å². The lowest BCUT2D eigenvalue weighted by Gasteiger charge is -2.63. The highest BCUT2D eigenvalue weighted by molar-refractivity contribution is 5.76. The first-order valence-electron chi connectivity index (χ1n) is 17.9. The maximum Gasteiger partial charge on any atom is 0.332 e. The zero-order chi connectivity index (χ0) is 31.0. The Morgan fingerprint density at radius 2 is 1.70 bits per heavy atom. The highest BCUT2D eigenvalue weighted by Crippen LogP contribution is 2.89. The number of amides is 1. The second-order valence-electron chi connectivity index (χ2n) is 17.8. The van der Waals surface area contributed by atoms with Gasteiger partial charge in [-0.3, -0.25) is 4.79 Å². The summed E-state index contributed by atoms with van der Waals surface area (Å²) in [7, 11) is 0. The van der Waals surface area contributed by atoms with Crippen LogP contribution in [0.2, 0.25) is 0 Å². The van der Waals surface area contributed by atoms with Gasteiger partial charge in [-0.2, -0.15) is 0 Å². The molecule has 2 spiro atoms. The third kappa shape index (κ3) is 3.83. The number of carboxylic acid groups (broad SMARTS) is 1. The Bertz CT molecular complexity index is 1220. The van der Waals surface area contributed by atoms with Crippen molar-refractivity contribution >= 4 is 11.9 Å². The number of carbonyl (C=O) groups excluding carboxylic acids is 1. The molecule has 2 saturated heterocycles. The van der Waals surface area contributed by atoms with Crippen LogP contribution in [0.25, 0.3) is 0 Å². The number of hydrogen-bond donors (Lipinski definition) is 2. The molecule has 6 aliphatic carbocycles. The molecule has 6 saturated carbocycles. The number of aliphatic hydroxyl groups is 1. The summed E-state index contributed by atoms with van der Waals surface area (Å²) in [6, 6.07) is 0. The number of aliphatic hydroxyl groups excluding tert-OH is 1. The van der Waals surface area contributed by atoms with Crippen LogP contribution in [0.1, 0.15) is 105 Å². The Balaban J connectivity index is 1.01. The Morgan fingerprint density at radius 3 is 2.43 bits per heavy atom. The molecule has 0 aromatic carbocycles. The van der Waals surface area contributed by atoms with Crippen LogP contribution in [0.4, 0.5) is 0 Å².